The zero-order valence-corrected chi connectivity index (χ0v) is 13.3. The molecule has 0 atom stereocenters. The van der Waals surface area contributed by atoms with Gasteiger partial charge in [-0.15, -0.1) is 0 Å². The first kappa shape index (κ1) is 20.1. The summed E-state index contributed by atoms with van der Waals surface area (Å²) in [4.78, 5) is 0. The van der Waals surface area contributed by atoms with Gasteiger partial charge in [-0.3, -0.25) is 5.32 Å². The van der Waals surface area contributed by atoms with Crippen LogP contribution in [0.1, 0.15) is 19.8 Å². The van der Waals surface area contributed by atoms with Crippen LogP contribution in [0.2, 0.25) is 0 Å². The van der Waals surface area contributed by atoms with Gasteiger partial charge >= 0.3 is 12.2 Å². The SMILES string of the molecule is CCCCNC(F)(F)C(F)(F)F.c1ccc(-c2ccccc2)cc1. The molecule has 0 aliphatic rings. The lowest BCUT2D eigenvalue weighted by Crippen LogP contribution is -2.49. The van der Waals surface area contributed by atoms with Crippen LogP contribution in [0, 0.1) is 0 Å². The number of nitrogens with one attached hydrogen (secondary N) is 1. The van der Waals surface area contributed by atoms with Crippen LogP contribution in [0.5, 0.6) is 0 Å². The van der Waals surface area contributed by atoms with Crippen molar-refractivity contribution in [2.45, 2.75) is 32.0 Å². The van der Waals surface area contributed by atoms with Gasteiger partial charge in [0.2, 0.25) is 0 Å². The fourth-order valence-electron chi connectivity index (χ4n) is 1.78. The minimum absolute atomic E-state index is 0.297. The lowest BCUT2D eigenvalue weighted by atomic mass is 10.1. The molecule has 0 heterocycles. The van der Waals surface area contributed by atoms with Crippen molar-refractivity contribution in [1.29, 1.82) is 0 Å². The van der Waals surface area contributed by atoms with Gasteiger partial charge in [-0.2, -0.15) is 22.0 Å². The second-order valence-electron chi connectivity index (χ2n) is 5.08. The summed E-state index contributed by atoms with van der Waals surface area (Å²) in [5.74, 6) is 0. The van der Waals surface area contributed by atoms with Crippen LogP contribution in [0.4, 0.5) is 22.0 Å². The molecule has 0 spiro atoms. The van der Waals surface area contributed by atoms with E-state index < -0.39 is 12.2 Å². The molecule has 0 bridgehead atoms. The summed E-state index contributed by atoms with van der Waals surface area (Å²) < 4.78 is 58.4. The van der Waals surface area contributed by atoms with E-state index in [0.717, 1.165) is 5.32 Å². The monoisotopic (exact) mass is 345 g/mol. The topological polar surface area (TPSA) is 12.0 Å². The van der Waals surface area contributed by atoms with Gasteiger partial charge in [-0.1, -0.05) is 74.0 Å². The van der Waals surface area contributed by atoms with Crippen molar-refractivity contribution in [2.24, 2.45) is 0 Å². The average Bonchev–Trinajstić information content (AvgIpc) is 2.56. The third-order valence-corrected chi connectivity index (χ3v) is 3.11. The Hall–Kier alpha value is -1.95. The lowest BCUT2D eigenvalue weighted by Gasteiger charge is -2.20. The second-order valence-corrected chi connectivity index (χ2v) is 5.08. The highest BCUT2D eigenvalue weighted by atomic mass is 19.4. The van der Waals surface area contributed by atoms with Crippen molar-refractivity contribution >= 4 is 0 Å². The van der Waals surface area contributed by atoms with Gasteiger partial charge in [0.25, 0.3) is 0 Å². The molecular weight excluding hydrogens is 325 g/mol. The van der Waals surface area contributed by atoms with Crippen molar-refractivity contribution in [3.8, 4) is 11.1 Å². The molecule has 132 valence electrons. The summed E-state index contributed by atoms with van der Waals surface area (Å²) in [5.41, 5.74) is 2.55. The van der Waals surface area contributed by atoms with Crippen molar-refractivity contribution in [3.63, 3.8) is 0 Å². The largest absolute Gasteiger partial charge is 0.469 e. The average molecular weight is 345 g/mol. The van der Waals surface area contributed by atoms with E-state index in [1.54, 1.807) is 6.92 Å². The molecule has 0 aliphatic heterocycles. The van der Waals surface area contributed by atoms with Crippen LogP contribution < -0.4 is 5.32 Å². The normalized spacial score (nSPS) is 11.6. The molecule has 2 rings (SSSR count). The molecule has 0 aliphatic carbocycles. The fraction of sp³-hybridized carbons (Fsp3) is 0.333. The summed E-state index contributed by atoms with van der Waals surface area (Å²) in [7, 11) is 0. The van der Waals surface area contributed by atoms with Crippen molar-refractivity contribution in [3.05, 3.63) is 60.7 Å². The Morgan fingerprint density at radius 2 is 1.17 bits per heavy atom. The standard InChI is InChI=1S/C12H10.C6H10F5N/c1-3-7-11(8-4-1)12-9-5-2-6-10-12;1-2-3-4-12-6(10,11)5(7,8)9/h1-10H;12H,2-4H2,1H3. The van der Waals surface area contributed by atoms with Crippen molar-refractivity contribution in [2.75, 3.05) is 6.54 Å². The van der Waals surface area contributed by atoms with Crippen LogP contribution in [0.15, 0.2) is 60.7 Å². The summed E-state index contributed by atoms with van der Waals surface area (Å²) in [6.45, 7) is 1.37. The van der Waals surface area contributed by atoms with Gasteiger partial charge in [-0.25, -0.2) is 0 Å². The Bertz CT molecular complexity index is 529. The molecule has 0 saturated heterocycles. The van der Waals surface area contributed by atoms with Crippen LogP contribution in [-0.4, -0.2) is 18.8 Å². The zero-order chi connectivity index (χ0) is 18.1. The number of halogens is 5. The highest BCUT2D eigenvalue weighted by molar-refractivity contribution is 5.62. The second kappa shape index (κ2) is 9.37. The number of benzene rings is 2. The molecule has 6 heteroatoms. The fourth-order valence-corrected chi connectivity index (χ4v) is 1.78. The summed E-state index contributed by atoms with van der Waals surface area (Å²) in [5, 5.41) is 1.14. The third kappa shape index (κ3) is 6.66. The Kier molecular flexibility index (Phi) is 7.85. The summed E-state index contributed by atoms with van der Waals surface area (Å²) in [6, 6.07) is 16.0. The maximum Gasteiger partial charge on any atom is 0.469 e. The minimum Gasteiger partial charge on any atom is -0.250 e. The van der Waals surface area contributed by atoms with Crippen LogP contribution in [0.3, 0.4) is 0 Å². The molecule has 2 aromatic rings. The molecule has 0 saturated carbocycles. The van der Waals surface area contributed by atoms with E-state index >= 15 is 0 Å². The maximum atomic E-state index is 12.0. The number of hydrogen-bond donors (Lipinski definition) is 1. The molecule has 0 unspecified atom stereocenters. The first-order valence-electron chi connectivity index (χ1n) is 7.58. The van der Waals surface area contributed by atoms with E-state index in [0.29, 0.717) is 12.8 Å². The summed E-state index contributed by atoms with van der Waals surface area (Å²) in [6.07, 6.45) is -4.63. The van der Waals surface area contributed by atoms with Gasteiger partial charge in [0, 0.05) is 6.54 Å². The summed E-state index contributed by atoms with van der Waals surface area (Å²) >= 11 is 0. The van der Waals surface area contributed by atoms with Crippen LogP contribution >= 0.6 is 0 Å². The van der Waals surface area contributed by atoms with Crippen LogP contribution in [0.25, 0.3) is 11.1 Å². The molecule has 0 radical (unpaired) electrons. The molecule has 24 heavy (non-hydrogen) atoms. The van der Waals surface area contributed by atoms with Gasteiger partial charge in [0.05, 0.1) is 0 Å². The number of rotatable bonds is 5. The molecule has 0 fully saturated rings. The first-order valence-corrected chi connectivity index (χ1v) is 7.58. The molecule has 1 N–H and O–H groups in total. The minimum atomic E-state index is -5.50. The van der Waals surface area contributed by atoms with E-state index in [-0.39, 0.29) is 6.54 Å². The molecule has 0 amide bonds. The van der Waals surface area contributed by atoms with Gasteiger partial charge < -0.3 is 0 Å². The number of unbranched alkanes of at least 4 members (excludes halogenated alkanes) is 1. The maximum absolute atomic E-state index is 12.0. The highest BCUT2D eigenvalue weighted by Gasteiger charge is 2.57. The van der Waals surface area contributed by atoms with Gasteiger partial charge in [0.1, 0.15) is 0 Å². The Morgan fingerprint density at radius 3 is 1.50 bits per heavy atom. The van der Waals surface area contributed by atoms with Crippen molar-refractivity contribution in [1.82, 2.24) is 5.32 Å². The van der Waals surface area contributed by atoms with Crippen LogP contribution in [-0.2, 0) is 0 Å². The smallest absolute Gasteiger partial charge is 0.250 e. The molecule has 1 nitrogen and oxygen atoms in total. The number of alkyl halides is 5. The molecule has 0 aromatic heterocycles. The Morgan fingerprint density at radius 1 is 0.750 bits per heavy atom. The number of hydrogen-bond acceptors (Lipinski definition) is 1. The van der Waals surface area contributed by atoms with E-state index in [4.69, 9.17) is 0 Å². The van der Waals surface area contributed by atoms with E-state index in [1.807, 2.05) is 12.1 Å². The Labute approximate surface area is 138 Å². The quantitative estimate of drug-likeness (QED) is 0.405. The van der Waals surface area contributed by atoms with Gasteiger partial charge in [0.15, 0.2) is 0 Å². The van der Waals surface area contributed by atoms with Crippen molar-refractivity contribution < 1.29 is 22.0 Å². The first-order chi connectivity index (χ1) is 11.3. The van der Waals surface area contributed by atoms with E-state index in [9.17, 15) is 22.0 Å². The predicted octanol–water partition coefficient (Wildman–Crippen LogP) is 5.88. The van der Waals surface area contributed by atoms with E-state index in [1.165, 1.54) is 11.1 Å². The predicted molar refractivity (Wildman–Crippen MR) is 85.8 cm³/mol. The van der Waals surface area contributed by atoms with Gasteiger partial charge in [-0.05, 0) is 17.5 Å². The molecule has 2 aromatic carbocycles. The zero-order valence-electron chi connectivity index (χ0n) is 13.3. The highest BCUT2D eigenvalue weighted by Crippen LogP contribution is 2.32. The molecular formula is C18H20F5N. The lowest BCUT2D eigenvalue weighted by molar-refractivity contribution is -0.295. The van der Waals surface area contributed by atoms with E-state index in [2.05, 4.69) is 48.5 Å². The third-order valence-electron chi connectivity index (χ3n) is 3.11. The Balaban J connectivity index is 0.000000240.